The van der Waals surface area contributed by atoms with Crippen LogP contribution in [0.1, 0.15) is 22.3 Å². The van der Waals surface area contributed by atoms with Crippen molar-refractivity contribution in [3.8, 4) is 0 Å². The molecule has 0 heterocycles. The Labute approximate surface area is 102 Å². The van der Waals surface area contributed by atoms with Gasteiger partial charge < -0.3 is 15.3 Å². The van der Waals surface area contributed by atoms with Gasteiger partial charge in [-0.2, -0.15) is 0 Å². The summed E-state index contributed by atoms with van der Waals surface area (Å²) in [6.07, 6.45) is -1.19. The highest BCUT2D eigenvalue weighted by atomic mass is 16.4. The van der Waals surface area contributed by atoms with Crippen LogP contribution in [0.3, 0.4) is 0 Å². The molecule has 6 heteroatoms. The average Bonchev–Trinajstić information content (AvgIpc) is 2.27. The Morgan fingerprint density at radius 2 is 1.61 bits per heavy atom. The van der Waals surface area contributed by atoms with Crippen LogP contribution in [0, 0.1) is 6.92 Å². The van der Waals surface area contributed by atoms with Crippen molar-refractivity contribution in [1.82, 2.24) is 0 Å². The van der Waals surface area contributed by atoms with Crippen LogP contribution in [0.2, 0.25) is 0 Å². The molecule has 1 unspecified atom stereocenters. The number of aryl methyl sites for hydroxylation is 1. The summed E-state index contributed by atoms with van der Waals surface area (Å²) in [5.74, 6) is -4.59. The summed E-state index contributed by atoms with van der Waals surface area (Å²) in [6, 6.07) is 5.81. The van der Waals surface area contributed by atoms with Gasteiger partial charge in [0.1, 0.15) is 0 Å². The third kappa shape index (κ3) is 2.72. The fourth-order valence-corrected chi connectivity index (χ4v) is 1.42. The molecule has 0 bridgehead atoms. The van der Waals surface area contributed by atoms with E-state index >= 15 is 0 Å². The van der Waals surface area contributed by atoms with E-state index in [0.717, 1.165) is 5.56 Å². The summed E-state index contributed by atoms with van der Waals surface area (Å²) in [5, 5.41) is 27.1. The third-order valence-electron chi connectivity index (χ3n) is 2.45. The fourth-order valence-electron chi connectivity index (χ4n) is 1.42. The van der Waals surface area contributed by atoms with E-state index in [1.54, 1.807) is 19.1 Å². The van der Waals surface area contributed by atoms with Gasteiger partial charge in [-0.1, -0.05) is 29.8 Å². The van der Waals surface area contributed by atoms with Gasteiger partial charge in [-0.25, -0.2) is 4.79 Å². The number of aliphatic hydroxyl groups is 1. The summed E-state index contributed by atoms with van der Waals surface area (Å²) in [6.45, 7) is 1.77. The van der Waals surface area contributed by atoms with Crippen molar-refractivity contribution in [3.63, 3.8) is 0 Å². The number of rotatable bonds is 5. The minimum absolute atomic E-state index is 0.0493. The molecule has 1 rings (SSSR count). The molecule has 0 saturated carbocycles. The maximum Gasteiger partial charge on any atom is 0.344 e. The first kappa shape index (κ1) is 13.9. The van der Waals surface area contributed by atoms with Crippen LogP contribution >= 0.6 is 0 Å². The number of carboxylic acid groups (broad SMARTS) is 2. The molecule has 96 valence electrons. The molecule has 0 amide bonds. The standard InChI is InChI=1S/C12H12O6/c1-7-2-4-8(5-3-7)10(15)12(18,11(16)17)6-9(13)14/h2-5,18H,6H2,1H3,(H,13,14)(H,16,17). The molecular formula is C12H12O6. The topological polar surface area (TPSA) is 112 Å². The molecule has 0 aliphatic carbocycles. The second-order valence-electron chi connectivity index (χ2n) is 3.93. The van der Waals surface area contributed by atoms with Crippen LogP contribution < -0.4 is 0 Å². The number of benzene rings is 1. The Morgan fingerprint density at radius 1 is 1.11 bits per heavy atom. The molecule has 0 aromatic heterocycles. The summed E-state index contributed by atoms with van der Waals surface area (Å²) in [7, 11) is 0. The Hall–Kier alpha value is -2.21. The molecule has 6 nitrogen and oxygen atoms in total. The van der Waals surface area contributed by atoms with Gasteiger partial charge in [0.05, 0.1) is 6.42 Å². The normalized spacial score (nSPS) is 13.7. The van der Waals surface area contributed by atoms with Gasteiger partial charge in [-0.3, -0.25) is 9.59 Å². The third-order valence-corrected chi connectivity index (χ3v) is 2.45. The largest absolute Gasteiger partial charge is 0.481 e. The number of aliphatic carboxylic acids is 2. The molecule has 0 saturated heterocycles. The minimum atomic E-state index is -2.94. The van der Waals surface area contributed by atoms with E-state index in [-0.39, 0.29) is 5.56 Å². The summed E-state index contributed by atoms with van der Waals surface area (Å²) in [4.78, 5) is 33.3. The molecule has 0 fully saturated rings. The van der Waals surface area contributed by atoms with Gasteiger partial charge in [0.15, 0.2) is 0 Å². The Bertz CT molecular complexity index is 490. The van der Waals surface area contributed by atoms with Gasteiger partial charge in [-0.05, 0) is 6.92 Å². The van der Waals surface area contributed by atoms with Crippen molar-refractivity contribution < 1.29 is 29.7 Å². The lowest BCUT2D eigenvalue weighted by Crippen LogP contribution is -2.48. The van der Waals surface area contributed by atoms with Crippen molar-refractivity contribution in [3.05, 3.63) is 35.4 Å². The van der Waals surface area contributed by atoms with Crippen molar-refractivity contribution in [1.29, 1.82) is 0 Å². The fraction of sp³-hybridized carbons (Fsp3) is 0.250. The molecule has 0 aliphatic heterocycles. The van der Waals surface area contributed by atoms with Gasteiger partial charge >= 0.3 is 11.9 Å². The highest BCUT2D eigenvalue weighted by Crippen LogP contribution is 2.19. The van der Waals surface area contributed by atoms with Crippen LogP contribution in [0.15, 0.2) is 24.3 Å². The van der Waals surface area contributed by atoms with E-state index in [1.165, 1.54) is 12.1 Å². The Morgan fingerprint density at radius 3 is 2.00 bits per heavy atom. The van der Waals surface area contributed by atoms with E-state index in [0.29, 0.717) is 0 Å². The average molecular weight is 252 g/mol. The van der Waals surface area contributed by atoms with Gasteiger partial charge in [0.25, 0.3) is 0 Å². The molecule has 1 aromatic carbocycles. The van der Waals surface area contributed by atoms with Crippen LogP contribution in [0.5, 0.6) is 0 Å². The van der Waals surface area contributed by atoms with Crippen molar-refractivity contribution in [2.75, 3.05) is 0 Å². The quantitative estimate of drug-likeness (QED) is 0.518. The molecule has 18 heavy (non-hydrogen) atoms. The highest BCUT2D eigenvalue weighted by Gasteiger charge is 2.46. The lowest BCUT2D eigenvalue weighted by molar-refractivity contribution is -0.159. The molecule has 1 aromatic rings. The summed E-state index contributed by atoms with van der Waals surface area (Å²) >= 11 is 0. The maximum atomic E-state index is 11.9. The second-order valence-corrected chi connectivity index (χ2v) is 3.93. The smallest absolute Gasteiger partial charge is 0.344 e. The van der Waals surface area contributed by atoms with Crippen molar-refractivity contribution in [2.45, 2.75) is 18.9 Å². The number of carbonyl (C=O) groups is 3. The second kappa shape index (κ2) is 4.97. The van der Waals surface area contributed by atoms with Gasteiger partial charge in [-0.15, -0.1) is 0 Å². The number of carbonyl (C=O) groups excluding carboxylic acids is 1. The minimum Gasteiger partial charge on any atom is -0.481 e. The highest BCUT2D eigenvalue weighted by molar-refractivity contribution is 6.16. The number of hydrogen-bond donors (Lipinski definition) is 3. The lowest BCUT2D eigenvalue weighted by atomic mass is 9.89. The van der Waals surface area contributed by atoms with Crippen molar-refractivity contribution in [2.24, 2.45) is 0 Å². The summed E-state index contributed by atoms with van der Waals surface area (Å²) in [5.41, 5.74) is -2.14. The number of Topliss-reactive ketones (excluding diaryl/α,β-unsaturated/α-hetero) is 1. The predicted octanol–water partition coefficient (Wildman–Crippen LogP) is 0.468. The van der Waals surface area contributed by atoms with Crippen LogP contribution in [0.4, 0.5) is 0 Å². The first-order chi connectivity index (χ1) is 8.27. The Kier molecular flexibility index (Phi) is 3.82. The van der Waals surface area contributed by atoms with E-state index in [9.17, 15) is 19.5 Å². The zero-order chi connectivity index (χ0) is 13.9. The van der Waals surface area contributed by atoms with Crippen LogP contribution in [-0.4, -0.2) is 38.6 Å². The molecule has 3 N–H and O–H groups in total. The molecule has 0 aliphatic rings. The van der Waals surface area contributed by atoms with E-state index in [1.807, 2.05) is 0 Å². The molecule has 0 radical (unpaired) electrons. The number of hydrogen-bond acceptors (Lipinski definition) is 4. The van der Waals surface area contributed by atoms with E-state index in [4.69, 9.17) is 10.2 Å². The van der Waals surface area contributed by atoms with E-state index in [2.05, 4.69) is 0 Å². The summed E-state index contributed by atoms with van der Waals surface area (Å²) < 4.78 is 0. The van der Waals surface area contributed by atoms with Crippen LogP contribution in [-0.2, 0) is 9.59 Å². The molecule has 0 spiro atoms. The monoisotopic (exact) mass is 252 g/mol. The van der Waals surface area contributed by atoms with E-state index < -0.39 is 29.7 Å². The number of carboxylic acids is 2. The zero-order valence-electron chi connectivity index (χ0n) is 9.58. The molecular weight excluding hydrogens is 240 g/mol. The SMILES string of the molecule is Cc1ccc(C(=O)C(O)(CC(=O)O)C(=O)O)cc1. The first-order valence-electron chi connectivity index (χ1n) is 5.06. The molecule has 1 atom stereocenters. The van der Waals surface area contributed by atoms with Crippen molar-refractivity contribution >= 4 is 17.7 Å². The Balaban J connectivity index is 3.14. The number of ketones is 1. The van der Waals surface area contributed by atoms with Crippen LogP contribution in [0.25, 0.3) is 0 Å². The maximum absolute atomic E-state index is 11.9. The lowest BCUT2D eigenvalue weighted by Gasteiger charge is -2.19. The van der Waals surface area contributed by atoms with Gasteiger partial charge in [0.2, 0.25) is 11.4 Å². The van der Waals surface area contributed by atoms with Gasteiger partial charge in [0, 0.05) is 5.56 Å². The first-order valence-corrected chi connectivity index (χ1v) is 5.06. The predicted molar refractivity (Wildman–Crippen MR) is 60.3 cm³/mol. The zero-order valence-corrected chi connectivity index (χ0v) is 9.58.